The van der Waals surface area contributed by atoms with Crippen LogP contribution in [0.3, 0.4) is 0 Å². The van der Waals surface area contributed by atoms with Crippen LogP contribution >= 0.6 is 11.3 Å². The largest absolute Gasteiger partial charge is 0.325 e. The Bertz CT molecular complexity index is 957. The molecule has 6 nitrogen and oxygen atoms in total. The number of imide groups is 1. The Morgan fingerprint density at radius 1 is 1.29 bits per heavy atom. The normalized spacial score (nSPS) is 22.9. The summed E-state index contributed by atoms with van der Waals surface area (Å²) < 4.78 is 13.5. The number of aryl methyl sites for hydroxylation is 1. The van der Waals surface area contributed by atoms with E-state index in [-0.39, 0.29) is 23.7 Å². The Labute approximate surface area is 186 Å². The third-order valence-electron chi connectivity index (χ3n) is 6.75. The van der Waals surface area contributed by atoms with Crippen LogP contribution in [-0.2, 0) is 17.8 Å². The van der Waals surface area contributed by atoms with Gasteiger partial charge in [0.1, 0.15) is 11.4 Å². The minimum Gasteiger partial charge on any atom is -0.323 e. The molecular weight excluding hydrogens is 415 g/mol. The van der Waals surface area contributed by atoms with Gasteiger partial charge in [-0.3, -0.25) is 14.6 Å². The molecule has 8 heteroatoms. The second kappa shape index (κ2) is 9.04. The van der Waals surface area contributed by atoms with E-state index in [1.165, 1.54) is 11.0 Å². The number of halogens is 1. The average Bonchev–Trinajstić information content (AvgIpc) is 3.27. The van der Waals surface area contributed by atoms with E-state index < -0.39 is 5.54 Å². The van der Waals surface area contributed by atoms with Gasteiger partial charge in [0, 0.05) is 24.4 Å². The van der Waals surface area contributed by atoms with Crippen LogP contribution in [0, 0.1) is 18.7 Å². The lowest BCUT2D eigenvalue weighted by Crippen LogP contribution is -2.55. The zero-order chi connectivity index (χ0) is 22.0. The summed E-state index contributed by atoms with van der Waals surface area (Å²) in [5.41, 5.74) is 2.90. The lowest BCUT2D eigenvalue weighted by atomic mass is 9.75. The van der Waals surface area contributed by atoms with Crippen LogP contribution in [-0.4, -0.2) is 51.9 Å². The number of carbonyl (C=O) groups excluding carboxylic acids is 2. The van der Waals surface area contributed by atoms with Crippen LogP contribution in [0.5, 0.6) is 0 Å². The molecule has 0 bridgehead atoms. The van der Waals surface area contributed by atoms with Crippen LogP contribution in [0.2, 0.25) is 0 Å². The monoisotopic (exact) mass is 444 g/mol. The quantitative estimate of drug-likeness (QED) is 0.661. The predicted octanol–water partition coefficient (Wildman–Crippen LogP) is 3.75. The van der Waals surface area contributed by atoms with E-state index in [9.17, 15) is 14.0 Å². The molecule has 0 radical (unpaired) electrons. The van der Waals surface area contributed by atoms with Gasteiger partial charge in [0.05, 0.1) is 11.2 Å². The van der Waals surface area contributed by atoms with Crippen molar-refractivity contribution in [1.82, 2.24) is 20.1 Å². The molecule has 3 amide bonds. The first-order valence-corrected chi connectivity index (χ1v) is 11.8. The maximum atomic E-state index is 13.5. The number of thiazole rings is 1. The molecule has 1 N–H and O–H groups in total. The van der Waals surface area contributed by atoms with Crippen molar-refractivity contribution in [2.45, 2.75) is 51.6 Å². The van der Waals surface area contributed by atoms with Crippen LogP contribution in [0.15, 0.2) is 29.8 Å². The Hall–Kier alpha value is -2.32. The first kappa shape index (κ1) is 21.9. The van der Waals surface area contributed by atoms with Gasteiger partial charge in [0.25, 0.3) is 5.91 Å². The van der Waals surface area contributed by atoms with Gasteiger partial charge in [-0.05, 0) is 62.9 Å². The van der Waals surface area contributed by atoms with E-state index >= 15 is 0 Å². The number of amides is 3. The predicted molar refractivity (Wildman–Crippen MR) is 118 cm³/mol. The zero-order valence-electron chi connectivity index (χ0n) is 18.1. The molecular formula is C23H29FN4O2S. The van der Waals surface area contributed by atoms with Gasteiger partial charge in [0.15, 0.2) is 0 Å². The van der Waals surface area contributed by atoms with E-state index in [4.69, 9.17) is 0 Å². The number of likely N-dealkylation sites (tertiary alicyclic amines) is 1. The van der Waals surface area contributed by atoms with Gasteiger partial charge in [-0.15, -0.1) is 11.3 Å². The Morgan fingerprint density at radius 3 is 2.71 bits per heavy atom. The highest BCUT2D eigenvalue weighted by Gasteiger charge is 2.54. The summed E-state index contributed by atoms with van der Waals surface area (Å²) in [5, 5.41) is 3.06. The maximum absolute atomic E-state index is 13.5. The number of hydrogen-bond donors (Lipinski definition) is 1. The highest BCUT2D eigenvalue weighted by molar-refractivity contribution is 7.09. The topological polar surface area (TPSA) is 65.5 Å². The third-order valence-corrected chi connectivity index (χ3v) is 7.74. The van der Waals surface area contributed by atoms with Crippen molar-refractivity contribution in [3.63, 3.8) is 0 Å². The van der Waals surface area contributed by atoms with Crippen molar-refractivity contribution in [3.8, 4) is 0 Å². The van der Waals surface area contributed by atoms with Gasteiger partial charge in [0.2, 0.25) is 0 Å². The number of aromatic nitrogens is 1. The number of nitrogens with one attached hydrogen (secondary N) is 1. The van der Waals surface area contributed by atoms with Crippen molar-refractivity contribution < 1.29 is 14.0 Å². The Morgan fingerprint density at radius 2 is 2.06 bits per heavy atom. The summed E-state index contributed by atoms with van der Waals surface area (Å²) in [6.07, 6.45) is 2.89. The van der Waals surface area contributed by atoms with Crippen LogP contribution in [0.1, 0.15) is 42.3 Å². The first-order chi connectivity index (χ1) is 14.9. The highest BCUT2D eigenvalue weighted by Crippen LogP contribution is 2.36. The number of piperidine rings is 1. The Kier molecular flexibility index (Phi) is 6.39. The fraction of sp³-hybridized carbons (Fsp3) is 0.522. The number of benzene rings is 1. The fourth-order valence-corrected chi connectivity index (χ4v) is 5.68. The van der Waals surface area contributed by atoms with Crippen LogP contribution in [0.4, 0.5) is 9.18 Å². The zero-order valence-corrected chi connectivity index (χ0v) is 18.9. The fourth-order valence-electron chi connectivity index (χ4n) is 4.91. The van der Waals surface area contributed by atoms with Gasteiger partial charge < -0.3 is 5.32 Å². The third kappa shape index (κ3) is 4.36. The molecule has 4 rings (SSSR count). The summed E-state index contributed by atoms with van der Waals surface area (Å²) in [6, 6.07) is 6.42. The molecule has 2 fully saturated rings. The van der Waals surface area contributed by atoms with Gasteiger partial charge in [-0.2, -0.15) is 0 Å². The standard InChI is InChI=1S/C23H29FN4O2S/c1-3-23(18-7-10-27(11-8-18)14-17-5-4-6-19(24)13-17)21(29)28(22(30)26-23)12-9-20-16(2)25-15-31-20/h4-6,13,15,18H,3,7-12,14H2,1-2H3,(H,26,30)/t23-/m0/s1. The van der Waals surface area contributed by atoms with E-state index in [1.807, 2.05) is 19.9 Å². The molecule has 0 unspecified atom stereocenters. The average molecular weight is 445 g/mol. The molecule has 2 saturated heterocycles. The minimum absolute atomic E-state index is 0.0919. The summed E-state index contributed by atoms with van der Waals surface area (Å²) in [5.74, 6) is -0.205. The number of hydrogen-bond acceptors (Lipinski definition) is 5. The molecule has 1 aromatic carbocycles. The van der Waals surface area contributed by atoms with Crippen molar-refractivity contribution in [2.24, 2.45) is 5.92 Å². The molecule has 0 aliphatic carbocycles. The van der Waals surface area contributed by atoms with Gasteiger partial charge in [-0.1, -0.05) is 19.1 Å². The summed E-state index contributed by atoms with van der Waals surface area (Å²) >= 11 is 1.56. The van der Waals surface area contributed by atoms with E-state index in [0.29, 0.717) is 25.9 Å². The van der Waals surface area contributed by atoms with E-state index in [1.54, 1.807) is 29.0 Å². The molecule has 2 aliphatic rings. The van der Waals surface area contributed by atoms with Crippen molar-refractivity contribution in [3.05, 3.63) is 51.7 Å². The van der Waals surface area contributed by atoms with Gasteiger partial charge in [-0.25, -0.2) is 14.2 Å². The molecule has 0 saturated carbocycles. The molecule has 3 heterocycles. The first-order valence-electron chi connectivity index (χ1n) is 10.9. The SMILES string of the molecule is CC[C@@]1(C2CCN(Cc3cccc(F)c3)CC2)NC(=O)N(CCc2scnc2C)C1=O. The number of carbonyl (C=O) groups is 2. The second-order valence-electron chi connectivity index (χ2n) is 8.50. The van der Waals surface area contributed by atoms with Crippen LogP contribution in [0.25, 0.3) is 0 Å². The van der Waals surface area contributed by atoms with Gasteiger partial charge >= 0.3 is 6.03 Å². The van der Waals surface area contributed by atoms with E-state index in [0.717, 1.165) is 42.1 Å². The molecule has 2 aliphatic heterocycles. The molecule has 0 spiro atoms. The number of rotatable bonds is 7. The smallest absolute Gasteiger partial charge is 0.323 e. The molecule has 1 atom stereocenters. The lowest BCUT2D eigenvalue weighted by Gasteiger charge is -2.40. The molecule has 166 valence electrons. The van der Waals surface area contributed by atoms with Crippen molar-refractivity contribution in [2.75, 3.05) is 19.6 Å². The summed E-state index contributed by atoms with van der Waals surface area (Å²) in [7, 11) is 0. The minimum atomic E-state index is -0.815. The summed E-state index contributed by atoms with van der Waals surface area (Å²) in [6.45, 7) is 6.66. The summed E-state index contributed by atoms with van der Waals surface area (Å²) in [4.78, 5) is 35.2. The maximum Gasteiger partial charge on any atom is 0.325 e. The van der Waals surface area contributed by atoms with E-state index in [2.05, 4.69) is 15.2 Å². The number of nitrogens with zero attached hydrogens (tertiary/aromatic N) is 3. The Balaban J connectivity index is 1.39. The molecule has 1 aromatic heterocycles. The van der Waals surface area contributed by atoms with Crippen molar-refractivity contribution in [1.29, 1.82) is 0 Å². The number of urea groups is 1. The molecule has 31 heavy (non-hydrogen) atoms. The van der Waals surface area contributed by atoms with Crippen molar-refractivity contribution >= 4 is 23.3 Å². The van der Waals surface area contributed by atoms with Crippen LogP contribution < -0.4 is 5.32 Å². The molecule has 2 aromatic rings. The lowest BCUT2D eigenvalue weighted by molar-refractivity contribution is -0.134. The highest BCUT2D eigenvalue weighted by atomic mass is 32.1. The second-order valence-corrected chi connectivity index (χ2v) is 9.44.